The molecule has 5 nitrogen and oxygen atoms in total. The molecule has 5 heteroatoms. The number of hydrogen-bond acceptors (Lipinski definition) is 5. The molecule has 0 aliphatic heterocycles. The zero-order valence-corrected chi connectivity index (χ0v) is 10.6. The maximum Gasteiger partial charge on any atom is 0.305 e. The number of ketones is 1. The number of ether oxygens (including phenoxy) is 2. The van der Waals surface area contributed by atoms with E-state index in [0.717, 1.165) is 5.56 Å². The van der Waals surface area contributed by atoms with E-state index in [0.29, 0.717) is 12.4 Å². The number of carbonyl (C=O) groups excluding carboxylic acids is 2. The van der Waals surface area contributed by atoms with Gasteiger partial charge in [0.2, 0.25) is 0 Å². The average molecular weight is 251 g/mol. The number of methoxy groups -OCH3 is 1. The molecule has 0 saturated carbocycles. The zero-order chi connectivity index (χ0) is 13.4. The largest absolute Gasteiger partial charge is 0.492 e. The monoisotopic (exact) mass is 251 g/mol. The van der Waals surface area contributed by atoms with Gasteiger partial charge in [-0.15, -0.1) is 0 Å². The van der Waals surface area contributed by atoms with Gasteiger partial charge in [-0.1, -0.05) is 0 Å². The minimum atomic E-state index is -0.371. The molecular formula is C13H17NO4. The third-order valence-corrected chi connectivity index (χ3v) is 2.32. The minimum Gasteiger partial charge on any atom is -0.492 e. The van der Waals surface area contributed by atoms with Crippen molar-refractivity contribution in [3.63, 3.8) is 0 Å². The van der Waals surface area contributed by atoms with Crippen LogP contribution in [0.5, 0.6) is 5.75 Å². The number of pyridine rings is 1. The Morgan fingerprint density at radius 2 is 2.06 bits per heavy atom. The second-order valence-corrected chi connectivity index (χ2v) is 3.75. The lowest BCUT2D eigenvalue weighted by Crippen LogP contribution is -2.08. The van der Waals surface area contributed by atoms with E-state index in [-0.39, 0.29) is 31.0 Å². The molecular weight excluding hydrogens is 234 g/mol. The molecule has 0 aliphatic rings. The second kappa shape index (κ2) is 7.42. The van der Waals surface area contributed by atoms with Crippen LogP contribution in [0.15, 0.2) is 18.5 Å². The topological polar surface area (TPSA) is 65.5 Å². The SMILES string of the molecule is CCOc1cncc(CC(=O)CCC(=O)OC)c1. The van der Waals surface area contributed by atoms with Gasteiger partial charge in [0.05, 0.1) is 26.3 Å². The van der Waals surface area contributed by atoms with E-state index >= 15 is 0 Å². The smallest absolute Gasteiger partial charge is 0.305 e. The summed E-state index contributed by atoms with van der Waals surface area (Å²) in [7, 11) is 1.31. The zero-order valence-electron chi connectivity index (χ0n) is 10.6. The van der Waals surface area contributed by atoms with Crippen LogP contribution in [0.2, 0.25) is 0 Å². The number of carbonyl (C=O) groups is 2. The molecule has 0 N–H and O–H groups in total. The van der Waals surface area contributed by atoms with E-state index < -0.39 is 0 Å². The summed E-state index contributed by atoms with van der Waals surface area (Å²) in [6.45, 7) is 2.44. The molecule has 1 heterocycles. The lowest BCUT2D eigenvalue weighted by atomic mass is 10.1. The van der Waals surface area contributed by atoms with E-state index in [1.807, 2.05) is 6.92 Å². The summed E-state index contributed by atoms with van der Waals surface area (Å²) in [6.07, 6.45) is 3.79. The number of rotatable bonds is 7. The Kier molecular flexibility index (Phi) is 5.84. The summed E-state index contributed by atoms with van der Waals surface area (Å²) in [4.78, 5) is 26.5. The fourth-order valence-corrected chi connectivity index (χ4v) is 1.47. The maximum absolute atomic E-state index is 11.6. The highest BCUT2D eigenvalue weighted by molar-refractivity contribution is 5.84. The molecule has 0 atom stereocenters. The Balaban J connectivity index is 2.48. The summed E-state index contributed by atoms with van der Waals surface area (Å²) in [6, 6.07) is 1.78. The van der Waals surface area contributed by atoms with E-state index in [9.17, 15) is 9.59 Å². The van der Waals surface area contributed by atoms with Crippen molar-refractivity contribution in [1.29, 1.82) is 0 Å². The number of esters is 1. The average Bonchev–Trinajstić information content (AvgIpc) is 2.37. The van der Waals surface area contributed by atoms with Gasteiger partial charge in [0, 0.05) is 19.0 Å². The predicted octanol–water partition coefficient (Wildman–Crippen LogP) is 1.55. The van der Waals surface area contributed by atoms with Gasteiger partial charge < -0.3 is 9.47 Å². The second-order valence-electron chi connectivity index (χ2n) is 3.75. The van der Waals surface area contributed by atoms with Crippen molar-refractivity contribution in [2.75, 3.05) is 13.7 Å². The van der Waals surface area contributed by atoms with Crippen LogP contribution in [0, 0.1) is 0 Å². The molecule has 0 fully saturated rings. The van der Waals surface area contributed by atoms with Crippen LogP contribution in [0.4, 0.5) is 0 Å². The molecule has 0 spiro atoms. The summed E-state index contributed by atoms with van der Waals surface area (Å²) in [5.41, 5.74) is 0.788. The Bertz CT molecular complexity index is 417. The van der Waals surface area contributed by atoms with Crippen molar-refractivity contribution >= 4 is 11.8 Å². The van der Waals surface area contributed by atoms with Crippen molar-refractivity contribution < 1.29 is 19.1 Å². The first-order chi connectivity index (χ1) is 8.65. The number of nitrogens with zero attached hydrogens (tertiary/aromatic N) is 1. The molecule has 18 heavy (non-hydrogen) atoms. The quantitative estimate of drug-likeness (QED) is 0.688. The number of aromatic nitrogens is 1. The Morgan fingerprint density at radius 3 is 2.72 bits per heavy atom. The third kappa shape index (κ3) is 4.95. The summed E-state index contributed by atoms with van der Waals surface area (Å²) in [5.74, 6) is 0.260. The molecule has 0 bridgehead atoms. The summed E-state index contributed by atoms with van der Waals surface area (Å²) in [5, 5.41) is 0. The van der Waals surface area contributed by atoms with Crippen LogP contribution in [0.1, 0.15) is 25.3 Å². The molecule has 98 valence electrons. The molecule has 1 aromatic rings. The molecule has 0 saturated heterocycles. The van der Waals surface area contributed by atoms with Crippen LogP contribution in [-0.4, -0.2) is 30.5 Å². The van der Waals surface area contributed by atoms with E-state index in [1.165, 1.54) is 7.11 Å². The van der Waals surface area contributed by atoms with Gasteiger partial charge in [-0.05, 0) is 18.6 Å². The van der Waals surface area contributed by atoms with Crippen LogP contribution >= 0.6 is 0 Å². The van der Waals surface area contributed by atoms with Gasteiger partial charge in [0.15, 0.2) is 0 Å². The van der Waals surface area contributed by atoms with Crippen molar-refractivity contribution in [3.8, 4) is 5.75 Å². The van der Waals surface area contributed by atoms with E-state index in [4.69, 9.17) is 4.74 Å². The first-order valence-electron chi connectivity index (χ1n) is 5.81. The van der Waals surface area contributed by atoms with E-state index in [1.54, 1.807) is 18.5 Å². The highest BCUT2D eigenvalue weighted by Crippen LogP contribution is 2.12. The van der Waals surface area contributed by atoms with E-state index in [2.05, 4.69) is 9.72 Å². The Labute approximate surface area is 106 Å². The maximum atomic E-state index is 11.6. The van der Waals surface area contributed by atoms with Gasteiger partial charge in [0.25, 0.3) is 0 Å². The molecule has 0 amide bonds. The first-order valence-corrected chi connectivity index (χ1v) is 5.81. The third-order valence-electron chi connectivity index (χ3n) is 2.32. The Morgan fingerprint density at radius 1 is 1.28 bits per heavy atom. The normalized spacial score (nSPS) is 9.89. The fraction of sp³-hybridized carbons (Fsp3) is 0.462. The fourth-order valence-electron chi connectivity index (χ4n) is 1.47. The van der Waals surface area contributed by atoms with Crippen LogP contribution < -0.4 is 4.74 Å². The molecule has 1 aromatic heterocycles. The molecule has 0 aromatic carbocycles. The minimum absolute atomic E-state index is 0.0177. The predicted molar refractivity (Wildman–Crippen MR) is 65.4 cm³/mol. The van der Waals surface area contributed by atoms with Gasteiger partial charge in [-0.2, -0.15) is 0 Å². The lowest BCUT2D eigenvalue weighted by Gasteiger charge is -2.05. The van der Waals surface area contributed by atoms with Crippen LogP contribution in [-0.2, 0) is 20.7 Å². The molecule has 0 unspecified atom stereocenters. The highest BCUT2D eigenvalue weighted by atomic mass is 16.5. The number of Topliss-reactive ketones (excluding diaryl/α,β-unsaturated/α-hetero) is 1. The first kappa shape index (κ1) is 14.2. The highest BCUT2D eigenvalue weighted by Gasteiger charge is 2.08. The van der Waals surface area contributed by atoms with Crippen molar-refractivity contribution in [2.24, 2.45) is 0 Å². The molecule has 0 aliphatic carbocycles. The van der Waals surface area contributed by atoms with Crippen molar-refractivity contribution in [1.82, 2.24) is 4.98 Å². The van der Waals surface area contributed by atoms with Gasteiger partial charge in [-0.3, -0.25) is 14.6 Å². The van der Waals surface area contributed by atoms with Gasteiger partial charge in [-0.25, -0.2) is 0 Å². The number of hydrogen-bond donors (Lipinski definition) is 0. The molecule has 1 rings (SSSR count). The summed E-state index contributed by atoms with van der Waals surface area (Å²) < 4.78 is 9.77. The van der Waals surface area contributed by atoms with Gasteiger partial charge >= 0.3 is 5.97 Å². The standard InChI is InChI=1S/C13H17NO4/c1-3-18-12-7-10(8-14-9-12)6-11(15)4-5-13(16)17-2/h7-9H,3-6H2,1-2H3. The van der Waals surface area contributed by atoms with Crippen LogP contribution in [0.3, 0.4) is 0 Å². The van der Waals surface area contributed by atoms with Crippen molar-refractivity contribution in [3.05, 3.63) is 24.0 Å². The Hall–Kier alpha value is -1.91. The summed E-state index contributed by atoms with van der Waals surface area (Å²) >= 11 is 0. The van der Waals surface area contributed by atoms with Crippen molar-refractivity contribution in [2.45, 2.75) is 26.2 Å². The lowest BCUT2D eigenvalue weighted by molar-refractivity contribution is -0.141. The van der Waals surface area contributed by atoms with Crippen LogP contribution in [0.25, 0.3) is 0 Å². The molecule has 0 radical (unpaired) electrons. The van der Waals surface area contributed by atoms with Gasteiger partial charge in [0.1, 0.15) is 11.5 Å².